The molecule has 0 bridgehead atoms. The summed E-state index contributed by atoms with van der Waals surface area (Å²) in [5.41, 5.74) is 0. The molecule has 7 heteroatoms. The Morgan fingerprint density at radius 3 is 2.30 bits per heavy atom. The highest BCUT2D eigenvalue weighted by Gasteiger charge is 2.28. The minimum absolute atomic E-state index is 0.0219. The lowest BCUT2D eigenvalue weighted by molar-refractivity contribution is 0.310. The maximum absolute atomic E-state index is 12.4. The van der Waals surface area contributed by atoms with E-state index >= 15 is 0 Å². The minimum Gasteiger partial charge on any atom is -0.208 e. The standard InChI is InChI=1S/C13H16Cl3NO2S/c1-8-4-2-3-5-12(8)17-20(18,19)13-7-10(15)9(14)6-11(13)16/h6-8,12,17H,2-5H2,1H3/t8-,12-/m1/s1. The zero-order valence-corrected chi connectivity index (χ0v) is 14.1. The van der Waals surface area contributed by atoms with Crippen molar-refractivity contribution in [1.82, 2.24) is 4.72 Å². The molecule has 0 heterocycles. The summed E-state index contributed by atoms with van der Waals surface area (Å²) in [6, 6.07) is 2.59. The van der Waals surface area contributed by atoms with Crippen LogP contribution < -0.4 is 4.72 Å². The molecule has 0 spiro atoms. The van der Waals surface area contributed by atoms with Crippen molar-refractivity contribution in [1.29, 1.82) is 0 Å². The van der Waals surface area contributed by atoms with Crippen LogP contribution in [0.4, 0.5) is 0 Å². The molecule has 1 aromatic carbocycles. The monoisotopic (exact) mass is 355 g/mol. The van der Waals surface area contributed by atoms with Crippen LogP contribution in [0.5, 0.6) is 0 Å². The summed E-state index contributed by atoms with van der Waals surface area (Å²) in [7, 11) is -3.69. The molecule has 0 unspecified atom stereocenters. The molecule has 2 atom stereocenters. The molecular weight excluding hydrogens is 341 g/mol. The van der Waals surface area contributed by atoms with E-state index in [0.717, 1.165) is 25.7 Å². The van der Waals surface area contributed by atoms with Crippen molar-refractivity contribution in [3.8, 4) is 0 Å². The zero-order chi connectivity index (χ0) is 14.9. The van der Waals surface area contributed by atoms with Gasteiger partial charge in [0.2, 0.25) is 10.0 Å². The third kappa shape index (κ3) is 3.60. The topological polar surface area (TPSA) is 46.2 Å². The highest BCUT2D eigenvalue weighted by Crippen LogP contribution is 2.32. The van der Waals surface area contributed by atoms with Crippen LogP contribution in [0.1, 0.15) is 32.6 Å². The highest BCUT2D eigenvalue weighted by atomic mass is 35.5. The van der Waals surface area contributed by atoms with Crippen LogP contribution in [0, 0.1) is 5.92 Å². The largest absolute Gasteiger partial charge is 0.242 e. The maximum Gasteiger partial charge on any atom is 0.242 e. The molecule has 112 valence electrons. The van der Waals surface area contributed by atoms with Crippen LogP contribution in [0.2, 0.25) is 15.1 Å². The van der Waals surface area contributed by atoms with Crippen molar-refractivity contribution < 1.29 is 8.42 Å². The molecule has 0 saturated heterocycles. The summed E-state index contributed by atoms with van der Waals surface area (Å²) in [6.07, 6.45) is 4.06. The normalized spacial score (nSPS) is 23.8. The first kappa shape index (κ1) is 16.4. The van der Waals surface area contributed by atoms with E-state index in [0.29, 0.717) is 5.92 Å². The van der Waals surface area contributed by atoms with Gasteiger partial charge in [0.25, 0.3) is 0 Å². The average molecular weight is 357 g/mol. The van der Waals surface area contributed by atoms with Crippen molar-refractivity contribution >= 4 is 44.8 Å². The Labute approximate surface area is 134 Å². The van der Waals surface area contributed by atoms with Gasteiger partial charge in [-0.05, 0) is 30.9 Å². The van der Waals surface area contributed by atoms with Crippen molar-refractivity contribution in [2.24, 2.45) is 5.92 Å². The van der Waals surface area contributed by atoms with E-state index in [1.54, 1.807) is 0 Å². The fourth-order valence-corrected chi connectivity index (χ4v) is 4.84. The van der Waals surface area contributed by atoms with Gasteiger partial charge in [0.05, 0.1) is 15.1 Å². The molecule has 0 radical (unpaired) electrons. The van der Waals surface area contributed by atoms with Gasteiger partial charge in [-0.25, -0.2) is 13.1 Å². The van der Waals surface area contributed by atoms with Crippen LogP contribution >= 0.6 is 34.8 Å². The summed E-state index contributed by atoms with van der Waals surface area (Å²) in [5.74, 6) is 0.320. The molecule has 1 N–H and O–H groups in total. The first-order valence-electron chi connectivity index (χ1n) is 6.48. The summed E-state index contributed by atoms with van der Waals surface area (Å²) in [6.45, 7) is 2.06. The van der Waals surface area contributed by atoms with Gasteiger partial charge in [0.1, 0.15) is 4.90 Å². The van der Waals surface area contributed by atoms with E-state index < -0.39 is 10.0 Å². The second-order valence-electron chi connectivity index (χ2n) is 5.19. The molecule has 1 aliphatic carbocycles. The highest BCUT2D eigenvalue weighted by molar-refractivity contribution is 7.89. The van der Waals surface area contributed by atoms with Gasteiger partial charge in [-0.2, -0.15) is 0 Å². The zero-order valence-electron chi connectivity index (χ0n) is 11.0. The molecule has 0 aliphatic heterocycles. The molecular formula is C13H16Cl3NO2S. The molecule has 0 amide bonds. The van der Waals surface area contributed by atoms with Crippen molar-refractivity contribution in [2.75, 3.05) is 0 Å². The molecule has 1 aromatic rings. The lowest BCUT2D eigenvalue weighted by Crippen LogP contribution is -2.41. The van der Waals surface area contributed by atoms with E-state index in [-0.39, 0.29) is 26.0 Å². The molecule has 1 saturated carbocycles. The predicted molar refractivity (Wildman–Crippen MR) is 83.2 cm³/mol. The number of rotatable bonds is 3. The van der Waals surface area contributed by atoms with E-state index in [4.69, 9.17) is 34.8 Å². The lowest BCUT2D eigenvalue weighted by atomic mass is 9.87. The van der Waals surface area contributed by atoms with Gasteiger partial charge in [-0.15, -0.1) is 0 Å². The Hall–Kier alpha value is -0.000000000000000111. The van der Waals surface area contributed by atoms with Crippen LogP contribution in [0.15, 0.2) is 17.0 Å². The molecule has 1 aliphatic rings. The Balaban J connectivity index is 2.28. The number of halogens is 3. The lowest BCUT2D eigenvalue weighted by Gasteiger charge is -2.29. The predicted octanol–water partition coefficient (Wildman–Crippen LogP) is 4.50. The van der Waals surface area contributed by atoms with Gasteiger partial charge in [0.15, 0.2) is 0 Å². The second kappa shape index (κ2) is 6.41. The van der Waals surface area contributed by atoms with Crippen LogP contribution in [-0.4, -0.2) is 14.5 Å². The van der Waals surface area contributed by atoms with Gasteiger partial charge in [-0.1, -0.05) is 54.6 Å². The minimum atomic E-state index is -3.69. The van der Waals surface area contributed by atoms with Gasteiger partial charge < -0.3 is 0 Å². The summed E-state index contributed by atoms with van der Waals surface area (Å²) in [4.78, 5) is -0.0219. The Morgan fingerprint density at radius 2 is 1.65 bits per heavy atom. The number of sulfonamides is 1. The first-order valence-corrected chi connectivity index (χ1v) is 9.10. The van der Waals surface area contributed by atoms with E-state index in [9.17, 15) is 8.42 Å². The third-order valence-electron chi connectivity index (χ3n) is 3.68. The third-order valence-corrected chi connectivity index (χ3v) is 6.36. The van der Waals surface area contributed by atoms with E-state index in [2.05, 4.69) is 11.6 Å². The van der Waals surface area contributed by atoms with E-state index in [1.807, 2.05) is 0 Å². The molecule has 20 heavy (non-hydrogen) atoms. The van der Waals surface area contributed by atoms with Crippen molar-refractivity contribution in [3.63, 3.8) is 0 Å². The molecule has 1 fully saturated rings. The fraction of sp³-hybridized carbons (Fsp3) is 0.538. The Morgan fingerprint density at radius 1 is 1.05 bits per heavy atom. The van der Waals surface area contributed by atoms with Crippen LogP contribution in [0.3, 0.4) is 0 Å². The smallest absolute Gasteiger partial charge is 0.208 e. The van der Waals surface area contributed by atoms with Gasteiger partial charge >= 0.3 is 0 Å². The molecule has 3 nitrogen and oxygen atoms in total. The number of hydrogen-bond donors (Lipinski definition) is 1. The van der Waals surface area contributed by atoms with Crippen LogP contribution in [0.25, 0.3) is 0 Å². The van der Waals surface area contributed by atoms with Crippen molar-refractivity contribution in [3.05, 3.63) is 27.2 Å². The Bertz CT molecular complexity index is 604. The van der Waals surface area contributed by atoms with Gasteiger partial charge in [-0.3, -0.25) is 0 Å². The number of hydrogen-bond acceptors (Lipinski definition) is 2. The maximum atomic E-state index is 12.4. The summed E-state index contributed by atoms with van der Waals surface area (Å²) in [5, 5.41) is 0.491. The molecule has 2 rings (SSSR count). The fourth-order valence-electron chi connectivity index (χ4n) is 2.46. The summed E-state index contributed by atoms with van der Waals surface area (Å²) < 4.78 is 27.6. The first-order chi connectivity index (χ1) is 9.31. The Kier molecular flexibility index (Phi) is 5.24. The second-order valence-corrected chi connectivity index (χ2v) is 8.09. The van der Waals surface area contributed by atoms with E-state index in [1.165, 1.54) is 12.1 Å². The van der Waals surface area contributed by atoms with Crippen molar-refractivity contribution in [2.45, 2.75) is 43.5 Å². The average Bonchev–Trinajstić information content (AvgIpc) is 2.36. The van der Waals surface area contributed by atoms with Gasteiger partial charge in [0, 0.05) is 6.04 Å². The molecule has 0 aromatic heterocycles. The van der Waals surface area contributed by atoms with Crippen LogP contribution in [-0.2, 0) is 10.0 Å². The number of benzene rings is 1. The number of nitrogens with one attached hydrogen (secondary N) is 1. The quantitative estimate of drug-likeness (QED) is 0.810. The SMILES string of the molecule is C[C@@H]1CCCC[C@H]1NS(=O)(=O)c1cc(Cl)c(Cl)cc1Cl. The summed E-state index contributed by atoms with van der Waals surface area (Å²) >= 11 is 17.7.